The summed E-state index contributed by atoms with van der Waals surface area (Å²) in [5.41, 5.74) is 5.47. The monoisotopic (exact) mass is 220 g/mol. The number of hydrogen-bond donors (Lipinski definition) is 1. The van der Waals surface area contributed by atoms with Gasteiger partial charge in [0.1, 0.15) is 6.04 Å². The largest absolute Gasteiger partial charge is 0.342 e. The van der Waals surface area contributed by atoms with Crippen LogP contribution in [0.25, 0.3) is 0 Å². The predicted molar refractivity (Wildman–Crippen MR) is 59.6 cm³/mol. The molecule has 0 fully saturated rings. The van der Waals surface area contributed by atoms with Crippen LogP contribution in [0.4, 0.5) is 0 Å². The first-order valence-corrected chi connectivity index (χ1v) is 5.37. The van der Waals surface area contributed by atoms with Gasteiger partial charge in [0, 0.05) is 12.4 Å². The van der Waals surface area contributed by atoms with Gasteiger partial charge in [-0.15, -0.1) is 0 Å². The van der Waals surface area contributed by atoms with Gasteiger partial charge in [-0.3, -0.25) is 0 Å². The van der Waals surface area contributed by atoms with Crippen molar-refractivity contribution in [2.45, 2.75) is 26.4 Å². The van der Waals surface area contributed by atoms with Crippen LogP contribution in [0.5, 0.6) is 0 Å². The molecule has 2 rings (SSSR count). The first-order chi connectivity index (χ1) is 7.72. The Hall–Kier alpha value is -1.62. The topological polar surface area (TPSA) is 69.9 Å². The zero-order valence-corrected chi connectivity index (χ0v) is 9.50. The highest BCUT2D eigenvalue weighted by Gasteiger charge is 2.23. The van der Waals surface area contributed by atoms with E-state index in [1.165, 1.54) is 0 Å². The smallest absolute Gasteiger partial charge is 0.249 e. The molecule has 5 nitrogen and oxygen atoms in total. The molecule has 86 valence electrons. The lowest BCUT2D eigenvalue weighted by molar-refractivity contribution is 0.296. The Kier molecular flexibility index (Phi) is 3.05. The van der Waals surface area contributed by atoms with E-state index < -0.39 is 0 Å². The van der Waals surface area contributed by atoms with E-state index in [1.807, 2.05) is 24.5 Å². The van der Waals surface area contributed by atoms with Crippen molar-refractivity contribution in [3.8, 4) is 0 Å². The van der Waals surface area contributed by atoms with Gasteiger partial charge in [-0.05, 0) is 18.1 Å². The van der Waals surface area contributed by atoms with Crippen LogP contribution in [0.15, 0.2) is 29.0 Å². The molecule has 2 N–H and O–H groups in total. The predicted octanol–water partition coefficient (Wildman–Crippen LogP) is 1.58. The zero-order chi connectivity index (χ0) is 11.5. The van der Waals surface area contributed by atoms with Crippen molar-refractivity contribution < 1.29 is 4.52 Å². The molecule has 0 amide bonds. The van der Waals surface area contributed by atoms with Crippen molar-refractivity contribution in [1.82, 2.24) is 14.7 Å². The average molecular weight is 220 g/mol. The lowest BCUT2D eigenvalue weighted by Crippen LogP contribution is -2.15. The standard InChI is InChI=1S/C11H16N4O/c1-8(2)10(15-5-3-4-6-15)11-13-9(7-12)14-16-11/h3-6,8,10H,7,12H2,1-2H3. The molecule has 0 aliphatic carbocycles. The molecule has 1 unspecified atom stereocenters. The molecular weight excluding hydrogens is 204 g/mol. The lowest BCUT2D eigenvalue weighted by Gasteiger charge is -2.18. The van der Waals surface area contributed by atoms with Crippen molar-refractivity contribution in [1.29, 1.82) is 0 Å². The second-order valence-corrected chi connectivity index (χ2v) is 4.07. The van der Waals surface area contributed by atoms with E-state index >= 15 is 0 Å². The highest BCUT2D eigenvalue weighted by Crippen LogP contribution is 2.24. The minimum Gasteiger partial charge on any atom is -0.342 e. The minimum absolute atomic E-state index is 0.0720. The van der Waals surface area contributed by atoms with Gasteiger partial charge in [-0.25, -0.2) is 0 Å². The van der Waals surface area contributed by atoms with Gasteiger partial charge in [0.2, 0.25) is 5.89 Å². The lowest BCUT2D eigenvalue weighted by atomic mass is 10.0. The fourth-order valence-corrected chi connectivity index (χ4v) is 1.76. The summed E-state index contributed by atoms with van der Waals surface area (Å²) in [4.78, 5) is 4.28. The summed E-state index contributed by atoms with van der Waals surface area (Å²) in [6.07, 6.45) is 3.99. The zero-order valence-electron chi connectivity index (χ0n) is 9.50. The summed E-state index contributed by atoms with van der Waals surface area (Å²) < 4.78 is 7.31. The molecule has 2 aromatic rings. The van der Waals surface area contributed by atoms with Gasteiger partial charge in [-0.2, -0.15) is 4.98 Å². The summed E-state index contributed by atoms with van der Waals surface area (Å²) in [7, 11) is 0. The molecule has 16 heavy (non-hydrogen) atoms. The third-order valence-corrected chi connectivity index (χ3v) is 2.50. The van der Waals surface area contributed by atoms with Crippen molar-refractivity contribution in [2.75, 3.05) is 0 Å². The Balaban J connectivity index is 2.33. The molecule has 2 heterocycles. The van der Waals surface area contributed by atoms with E-state index in [2.05, 4.69) is 28.6 Å². The normalized spacial score (nSPS) is 13.2. The maximum atomic E-state index is 5.47. The Labute approximate surface area is 94.3 Å². The van der Waals surface area contributed by atoms with Crippen molar-refractivity contribution >= 4 is 0 Å². The second-order valence-electron chi connectivity index (χ2n) is 4.07. The van der Waals surface area contributed by atoms with Gasteiger partial charge < -0.3 is 14.8 Å². The number of rotatable bonds is 4. The van der Waals surface area contributed by atoms with E-state index in [9.17, 15) is 0 Å². The second kappa shape index (κ2) is 4.49. The molecule has 0 radical (unpaired) electrons. The molecule has 0 saturated heterocycles. The fraction of sp³-hybridized carbons (Fsp3) is 0.455. The van der Waals surface area contributed by atoms with Crippen LogP contribution in [0.3, 0.4) is 0 Å². The molecule has 1 atom stereocenters. The van der Waals surface area contributed by atoms with E-state index in [1.54, 1.807) is 0 Å². The van der Waals surface area contributed by atoms with Crippen molar-refractivity contribution in [2.24, 2.45) is 11.7 Å². The van der Waals surface area contributed by atoms with Crippen molar-refractivity contribution in [3.05, 3.63) is 36.2 Å². The van der Waals surface area contributed by atoms with Crippen LogP contribution in [-0.2, 0) is 6.54 Å². The maximum Gasteiger partial charge on any atom is 0.249 e. The van der Waals surface area contributed by atoms with Gasteiger partial charge in [0.05, 0.1) is 6.54 Å². The Morgan fingerprint density at radius 1 is 1.38 bits per heavy atom. The third kappa shape index (κ3) is 1.99. The molecule has 0 aromatic carbocycles. The molecule has 0 bridgehead atoms. The summed E-state index contributed by atoms with van der Waals surface area (Å²) in [6.45, 7) is 4.55. The van der Waals surface area contributed by atoms with Crippen LogP contribution in [0, 0.1) is 5.92 Å². The first-order valence-electron chi connectivity index (χ1n) is 5.37. The molecule has 5 heteroatoms. The highest BCUT2D eigenvalue weighted by molar-refractivity contribution is 5.02. The summed E-state index contributed by atoms with van der Waals surface area (Å²) >= 11 is 0. The maximum absolute atomic E-state index is 5.47. The van der Waals surface area contributed by atoms with Gasteiger partial charge in [-0.1, -0.05) is 19.0 Å². The molecular formula is C11H16N4O. The average Bonchev–Trinajstić information content (AvgIpc) is 2.88. The third-order valence-electron chi connectivity index (χ3n) is 2.50. The Morgan fingerprint density at radius 2 is 2.06 bits per heavy atom. The van der Waals surface area contributed by atoms with Gasteiger partial charge in [0.15, 0.2) is 5.82 Å². The molecule has 2 aromatic heterocycles. The molecule has 0 aliphatic rings. The quantitative estimate of drug-likeness (QED) is 0.849. The SMILES string of the molecule is CC(C)C(c1nc(CN)no1)n1cccc1. The summed E-state index contributed by atoms with van der Waals surface area (Å²) in [5.74, 6) is 1.54. The first kappa shape index (κ1) is 10.9. The van der Waals surface area contributed by atoms with Crippen LogP contribution in [0.2, 0.25) is 0 Å². The van der Waals surface area contributed by atoms with Crippen LogP contribution < -0.4 is 5.73 Å². The number of hydrogen-bond acceptors (Lipinski definition) is 4. The van der Waals surface area contributed by atoms with E-state index in [-0.39, 0.29) is 6.04 Å². The van der Waals surface area contributed by atoms with E-state index in [4.69, 9.17) is 10.3 Å². The van der Waals surface area contributed by atoms with Gasteiger partial charge in [0.25, 0.3) is 0 Å². The Bertz CT molecular complexity index is 433. The number of nitrogens with two attached hydrogens (primary N) is 1. The summed E-state index contributed by atoms with van der Waals surface area (Å²) in [6, 6.07) is 4.04. The Morgan fingerprint density at radius 3 is 2.56 bits per heavy atom. The minimum atomic E-state index is 0.0720. The summed E-state index contributed by atoms with van der Waals surface area (Å²) in [5, 5.41) is 3.82. The van der Waals surface area contributed by atoms with Crippen LogP contribution >= 0.6 is 0 Å². The van der Waals surface area contributed by atoms with Gasteiger partial charge >= 0.3 is 0 Å². The number of nitrogens with zero attached hydrogens (tertiary/aromatic N) is 3. The van der Waals surface area contributed by atoms with Crippen LogP contribution in [0.1, 0.15) is 31.6 Å². The van der Waals surface area contributed by atoms with E-state index in [0.29, 0.717) is 24.2 Å². The number of aromatic nitrogens is 3. The van der Waals surface area contributed by atoms with E-state index in [0.717, 1.165) is 0 Å². The van der Waals surface area contributed by atoms with Crippen molar-refractivity contribution in [3.63, 3.8) is 0 Å². The van der Waals surface area contributed by atoms with Crippen LogP contribution in [-0.4, -0.2) is 14.7 Å². The fourth-order valence-electron chi connectivity index (χ4n) is 1.76. The molecule has 0 aliphatic heterocycles. The highest BCUT2D eigenvalue weighted by atomic mass is 16.5. The molecule has 0 spiro atoms. The molecule has 0 saturated carbocycles.